The Balaban J connectivity index is 1.28. The van der Waals surface area contributed by atoms with Crippen LogP contribution in [-0.4, -0.2) is 32.5 Å². The molecule has 0 spiro atoms. The zero-order valence-electron chi connectivity index (χ0n) is 18.8. The van der Waals surface area contributed by atoms with Crippen LogP contribution >= 0.6 is 11.8 Å². The van der Waals surface area contributed by atoms with E-state index in [9.17, 15) is 4.79 Å². The van der Waals surface area contributed by atoms with Crippen molar-refractivity contribution in [2.75, 3.05) is 11.9 Å². The van der Waals surface area contributed by atoms with Gasteiger partial charge in [-0.2, -0.15) is 0 Å². The van der Waals surface area contributed by atoms with Crippen LogP contribution in [0.2, 0.25) is 0 Å². The van der Waals surface area contributed by atoms with Crippen molar-refractivity contribution in [3.8, 4) is 22.6 Å². The first-order valence-electron chi connectivity index (χ1n) is 11.0. The number of carbonyl (C=O) groups is 1. The molecule has 0 saturated heterocycles. The number of rotatable bonds is 6. The van der Waals surface area contributed by atoms with E-state index in [1.807, 2.05) is 97.4 Å². The Labute approximate surface area is 202 Å². The number of nitrogens with zero attached hydrogens (tertiary/aromatic N) is 3. The molecule has 2 unspecified atom stereocenters. The summed E-state index contributed by atoms with van der Waals surface area (Å²) in [6.07, 6.45) is -0.372. The van der Waals surface area contributed by atoms with E-state index in [0.717, 1.165) is 22.6 Å². The van der Waals surface area contributed by atoms with Gasteiger partial charge in [0.25, 0.3) is 0 Å². The summed E-state index contributed by atoms with van der Waals surface area (Å²) in [5, 5.41) is 11.9. The molecule has 0 radical (unpaired) electrons. The molecule has 0 aliphatic carbocycles. The number of hydrogen-bond donors (Lipinski definition) is 1. The quantitative estimate of drug-likeness (QED) is 0.393. The van der Waals surface area contributed by atoms with Crippen LogP contribution < -0.4 is 14.8 Å². The fourth-order valence-corrected chi connectivity index (χ4v) is 4.59. The predicted molar refractivity (Wildman–Crippen MR) is 132 cm³/mol. The molecule has 5 rings (SSSR count). The highest BCUT2D eigenvalue weighted by Crippen LogP contribution is 2.36. The fraction of sp³-hybridized carbons (Fsp3) is 0.192. The van der Waals surface area contributed by atoms with Gasteiger partial charge in [0.15, 0.2) is 28.6 Å². The third kappa shape index (κ3) is 4.49. The average molecular weight is 473 g/mol. The Kier molecular flexibility index (Phi) is 6.22. The van der Waals surface area contributed by atoms with Gasteiger partial charge in [0.2, 0.25) is 5.91 Å². The second-order valence-electron chi connectivity index (χ2n) is 7.92. The van der Waals surface area contributed by atoms with Gasteiger partial charge in [-0.25, -0.2) is 0 Å². The van der Waals surface area contributed by atoms with Crippen LogP contribution in [0.5, 0.6) is 11.5 Å². The van der Waals surface area contributed by atoms with Crippen molar-refractivity contribution >= 4 is 23.4 Å². The van der Waals surface area contributed by atoms with Gasteiger partial charge < -0.3 is 19.4 Å². The van der Waals surface area contributed by atoms with Gasteiger partial charge in [-0.3, -0.25) is 4.79 Å². The number of anilines is 1. The topological polar surface area (TPSA) is 78.3 Å². The molecule has 4 aromatic rings. The van der Waals surface area contributed by atoms with Crippen molar-refractivity contribution in [2.45, 2.75) is 23.4 Å². The summed E-state index contributed by atoms with van der Waals surface area (Å²) in [6, 6.07) is 25.3. The smallest absolute Gasteiger partial charge is 0.237 e. The summed E-state index contributed by atoms with van der Waals surface area (Å²) in [5.74, 6) is 1.94. The minimum atomic E-state index is -0.385. The molecule has 8 heteroatoms. The summed E-state index contributed by atoms with van der Waals surface area (Å²) in [6.45, 7) is 2.20. The summed E-state index contributed by atoms with van der Waals surface area (Å²) in [5.41, 5.74) is 2.80. The molecule has 1 aliphatic rings. The summed E-state index contributed by atoms with van der Waals surface area (Å²) >= 11 is 1.35. The Morgan fingerprint density at radius 2 is 1.71 bits per heavy atom. The molecule has 0 fully saturated rings. The normalized spacial score (nSPS) is 15.5. The third-order valence-electron chi connectivity index (χ3n) is 5.59. The van der Waals surface area contributed by atoms with E-state index in [4.69, 9.17) is 9.47 Å². The molecular weight excluding hydrogens is 448 g/mol. The molecule has 7 nitrogen and oxygen atoms in total. The maximum absolute atomic E-state index is 13.0. The van der Waals surface area contributed by atoms with E-state index in [2.05, 4.69) is 15.5 Å². The second kappa shape index (κ2) is 9.61. The largest absolute Gasteiger partial charge is 0.485 e. The minimum Gasteiger partial charge on any atom is -0.485 e. The van der Waals surface area contributed by atoms with Crippen molar-refractivity contribution in [1.29, 1.82) is 0 Å². The molecule has 2 atom stereocenters. The van der Waals surface area contributed by atoms with Gasteiger partial charge in [-0.1, -0.05) is 72.4 Å². The van der Waals surface area contributed by atoms with Crippen LogP contribution in [0.3, 0.4) is 0 Å². The van der Waals surface area contributed by atoms with Crippen molar-refractivity contribution in [2.24, 2.45) is 7.05 Å². The lowest BCUT2D eigenvalue weighted by atomic mass is 10.0. The van der Waals surface area contributed by atoms with Gasteiger partial charge in [-0.05, 0) is 30.7 Å². The molecule has 172 valence electrons. The Bertz CT molecular complexity index is 1310. The van der Waals surface area contributed by atoms with Crippen LogP contribution in [0.4, 0.5) is 5.69 Å². The number of benzene rings is 3. The molecule has 1 amide bonds. The number of thioether (sulfide) groups is 1. The SMILES string of the molecule is CC(Sc1nnc(C2COc3ccccc3O2)n1C)C(=O)Nc1ccccc1-c1ccccc1. The van der Waals surface area contributed by atoms with Crippen LogP contribution in [-0.2, 0) is 11.8 Å². The molecule has 1 aromatic heterocycles. The van der Waals surface area contributed by atoms with Crippen molar-refractivity contribution in [1.82, 2.24) is 14.8 Å². The van der Waals surface area contributed by atoms with Crippen molar-refractivity contribution in [3.63, 3.8) is 0 Å². The monoisotopic (exact) mass is 472 g/mol. The highest BCUT2D eigenvalue weighted by atomic mass is 32.2. The molecule has 1 N–H and O–H groups in total. The highest BCUT2D eigenvalue weighted by molar-refractivity contribution is 8.00. The molecule has 34 heavy (non-hydrogen) atoms. The molecule has 0 saturated carbocycles. The lowest BCUT2D eigenvalue weighted by Gasteiger charge is -2.25. The maximum atomic E-state index is 13.0. The minimum absolute atomic E-state index is 0.107. The number of carbonyl (C=O) groups excluding carboxylic acids is 1. The standard InChI is InChI=1S/C26H24N4O3S/c1-17(25(31)27-20-13-7-6-12-19(20)18-10-4-3-5-11-18)34-26-29-28-24(30(26)2)23-16-32-21-14-8-9-15-22(21)33-23/h3-15,17,23H,16H2,1-2H3,(H,27,31). The first kappa shape index (κ1) is 22.0. The Morgan fingerprint density at radius 3 is 2.53 bits per heavy atom. The zero-order valence-corrected chi connectivity index (χ0v) is 19.7. The van der Waals surface area contributed by atoms with Crippen LogP contribution in [0.25, 0.3) is 11.1 Å². The third-order valence-corrected chi connectivity index (χ3v) is 6.72. The maximum Gasteiger partial charge on any atom is 0.237 e. The number of ether oxygens (including phenoxy) is 2. The second-order valence-corrected chi connectivity index (χ2v) is 9.23. The van der Waals surface area contributed by atoms with Gasteiger partial charge in [-0.15, -0.1) is 10.2 Å². The number of amides is 1. The van der Waals surface area contributed by atoms with Gasteiger partial charge in [0.05, 0.1) is 5.25 Å². The van der Waals surface area contributed by atoms with E-state index >= 15 is 0 Å². The molecule has 1 aliphatic heterocycles. The lowest BCUT2D eigenvalue weighted by Crippen LogP contribution is -2.25. The Hall–Kier alpha value is -3.78. The predicted octanol–water partition coefficient (Wildman–Crippen LogP) is 5.11. The lowest BCUT2D eigenvalue weighted by molar-refractivity contribution is -0.115. The van der Waals surface area contributed by atoms with Gasteiger partial charge in [0, 0.05) is 18.3 Å². The van der Waals surface area contributed by atoms with E-state index < -0.39 is 0 Å². The number of fused-ring (bicyclic) bond motifs is 1. The molecule has 3 aromatic carbocycles. The van der Waals surface area contributed by atoms with Crippen LogP contribution in [0.15, 0.2) is 84.0 Å². The Morgan fingerprint density at radius 1 is 1.00 bits per heavy atom. The number of aromatic nitrogens is 3. The van der Waals surface area contributed by atoms with Crippen molar-refractivity contribution < 1.29 is 14.3 Å². The van der Waals surface area contributed by atoms with E-state index in [-0.39, 0.29) is 17.3 Å². The number of para-hydroxylation sites is 3. The average Bonchev–Trinajstić information content (AvgIpc) is 3.24. The summed E-state index contributed by atoms with van der Waals surface area (Å²) in [7, 11) is 1.87. The van der Waals surface area contributed by atoms with E-state index in [0.29, 0.717) is 23.3 Å². The highest BCUT2D eigenvalue weighted by Gasteiger charge is 2.28. The van der Waals surface area contributed by atoms with Crippen LogP contribution in [0, 0.1) is 0 Å². The first-order chi connectivity index (χ1) is 16.6. The van der Waals surface area contributed by atoms with E-state index in [1.165, 1.54) is 11.8 Å². The molecule has 0 bridgehead atoms. The van der Waals surface area contributed by atoms with Crippen molar-refractivity contribution in [3.05, 3.63) is 84.7 Å². The van der Waals surface area contributed by atoms with E-state index in [1.54, 1.807) is 0 Å². The first-order valence-corrected chi connectivity index (χ1v) is 11.9. The fourth-order valence-electron chi connectivity index (χ4n) is 3.76. The number of nitrogens with one attached hydrogen (secondary N) is 1. The van der Waals surface area contributed by atoms with Gasteiger partial charge >= 0.3 is 0 Å². The zero-order chi connectivity index (χ0) is 23.5. The van der Waals surface area contributed by atoms with Gasteiger partial charge in [0.1, 0.15) is 6.61 Å². The summed E-state index contributed by atoms with van der Waals surface area (Å²) < 4.78 is 13.7. The van der Waals surface area contributed by atoms with Crippen LogP contribution in [0.1, 0.15) is 18.9 Å². The molecule has 2 heterocycles. The summed E-state index contributed by atoms with van der Waals surface area (Å²) in [4.78, 5) is 13.0. The molecular formula is C26H24N4O3S. The number of hydrogen-bond acceptors (Lipinski definition) is 6.